The van der Waals surface area contributed by atoms with Gasteiger partial charge in [0.05, 0.1) is 0 Å². The van der Waals surface area contributed by atoms with E-state index in [0.717, 1.165) is 22.2 Å². The van der Waals surface area contributed by atoms with Crippen LogP contribution < -0.4 is 10.6 Å². The summed E-state index contributed by atoms with van der Waals surface area (Å²) >= 11 is 6.06. The van der Waals surface area contributed by atoms with Crippen LogP contribution in [0.4, 0.5) is 11.6 Å². The zero-order valence-electron chi connectivity index (χ0n) is 9.44. The van der Waals surface area contributed by atoms with E-state index in [0.29, 0.717) is 6.54 Å². The average molecular weight is 249 g/mol. The lowest BCUT2D eigenvalue weighted by molar-refractivity contribution is 1.08. The van der Waals surface area contributed by atoms with Crippen LogP contribution in [-0.2, 0) is 6.54 Å². The molecule has 0 atom stereocenters. The van der Waals surface area contributed by atoms with E-state index in [1.165, 1.54) is 6.33 Å². The molecule has 2 N–H and O–H groups in total. The second-order valence-electron chi connectivity index (χ2n) is 3.48. The number of nitrogens with zero attached hydrogens (tertiary/aromatic N) is 2. The lowest BCUT2D eigenvalue weighted by atomic mass is 10.2. The van der Waals surface area contributed by atoms with Crippen LogP contribution in [0.3, 0.4) is 0 Å². The third-order valence-electron chi connectivity index (χ3n) is 2.34. The van der Waals surface area contributed by atoms with Crippen molar-refractivity contribution in [1.82, 2.24) is 9.97 Å². The molecule has 88 valence electrons. The molecular weight excluding hydrogens is 236 g/mol. The van der Waals surface area contributed by atoms with Gasteiger partial charge >= 0.3 is 0 Å². The molecule has 17 heavy (non-hydrogen) atoms. The highest BCUT2D eigenvalue weighted by Gasteiger charge is 2.00. The van der Waals surface area contributed by atoms with Crippen molar-refractivity contribution in [1.29, 1.82) is 0 Å². The summed E-state index contributed by atoms with van der Waals surface area (Å²) in [6, 6.07) is 9.57. The molecular formula is C12H13ClN4. The molecule has 0 spiro atoms. The Morgan fingerprint density at radius 1 is 1.18 bits per heavy atom. The van der Waals surface area contributed by atoms with Gasteiger partial charge in [0.1, 0.15) is 18.0 Å². The molecule has 0 amide bonds. The van der Waals surface area contributed by atoms with E-state index >= 15 is 0 Å². The summed E-state index contributed by atoms with van der Waals surface area (Å²) < 4.78 is 0. The molecule has 0 aliphatic rings. The minimum Gasteiger partial charge on any atom is -0.373 e. The van der Waals surface area contributed by atoms with Crippen molar-refractivity contribution in [2.45, 2.75) is 6.54 Å². The van der Waals surface area contributed by atoms with Crippen LogP contribution in [0.15, 0.2) is 36.7 Å². The van der Waals surface area contributed by atoms with Gasteiger partial charge in [0.15, 0.2) is 0 Å². The van der Waals surface area contributed by atoms with Crippen LogP contribution in [-0.4, -0.2) is 17.0 Å². The molecule has 1 aromatic heterocycles. The van der Waals surface area contributed by atoms with Crippen LogP contribution in [0, 0.1) is 0 Å². The Balaban J connectivity index is 2.05. The first-order valence-corrected chi connectivity index (χ1v) is 5.64. The summed E-state index contributed by atoms with van der Waals surface area (Å²) in [5.41, 5.74) is 1.04. The predicted octanol–water partition coefficient (Wildman–Crippen LogP) is 2.78. The molecule has 2 aromatic rings. The number of rotatable bonds is 4. The molecule has 0 unspecified atom stereocenters. The fraction of sp³-hybridized carbons (Fsp3) is 0.167. The molecule has 0 aliphatic carbocycles. The number of hydrogen-bond donors (Lipinski definition) is 2. The van der Waals surface area contributed by atoms with E-state index < -0.39 is 0 Å². The van der Waals surface area contributed by atoms with E-state index in [-0.39, 0.29) is 0 Å². The zero-order valence-corrected chi connectivity index (χ0v) is 10.2. The van der Waals surface area contributed by atoms with Gasteiger partial charge in [0.25, 0.3) is 0 Å². The van der Waals surface area contributed by atoms with Crippen molar-refractivity contribution in [2.75, 3.05) is 17.7 Å². The number of nitrogens with one attached hydrogen (secondary N) is 2. The molecule has 0 saturated carbocycles. The number of halogens is 1. The van der Waals surface area contributed by atoms with E-state index in [1.54, 1.807) is 0 Å². The van der Waals surface area contributed by atoms with Crippen LogP contribution in [0.5, 0.6) is 0 Å². The maximum Gasteiger partial charge on any atom is 0.131 e. The quantitative estimate of drug-likeness (QED) is 0.874. The van der Waals surface area contributed by atoms with Gasteiger partial charge in [0.2, 0.25) is 0 Å². The lowest BCUT2D eigenvalue weighted by Crippen LogP contribution is -2.03. The van der Waals surface area contributed by atoms with Crippen LogP contribution in [0.25, 0.3) is 0 Å². The van der Waals surface area contributed by atoms with Gasteiger partial charge in [-0.3, -0.25) is 0 Å². The van der Waals surface area contributed by atoms with E-state index in [2.05, 4.69) is 20.6 Å². The Labute approximate surface area is 105 Å². The molecule has 4 nitrogen and oxygen atoms in total. The molecule has 5 heteroatoms. The Morgan fingerprint density at radius 2 is 1.94 bits per heavy atom. The highest BCUT2D eigenvalue weighted by atomic mass is 35.5. The van der Waals surface area contributed by atoms with Gasteiger partial charge in [-0.15, -0.1) is 0 Å². The number of anilines is 2. The highest BCUT2D eigenvalue weighted by molar-refractivity contribution is 6.31. The molecule has 1 heterocycles. The fourth-order valence-electron chi connectivity index (χ4n) is 1.42. The molecule has 0 saturated heterocycles. The second-order valence-corrected chi connectivity index (χ2v) is 3.89. The summed E-state index contributed by atoms with van der Waals surface area (Å²) in [7, 11) is 1.82. The van der Waals surface area contributed by atoms with Crippen molar-refractivity contribution < 1.29 is 0 Å². The maximum atomic E-state index is 6.06. The smallest absolute Gasteiger partial charge is 0.131 e. The van der Waals surface area contributed by atoms with E-state index in [4.69, 9.17) is 11.6 Å². The first kappa shape index (κ1) is 11.7. The summed E-state index contributed by atoms with van der Waals surface area (Å²) in [6.07, 6.45) is 1.51. The van der Waals surface area contributed by atoms with Crippen molar-refractivity contribution in [3.8, 4) is 0 Å². The maximum absolute atomic E-state index is 6.06. The van der Waals surface area contributed by atoms with Gasteiger partial charge in [-0.2, -0.15) is 0 Å². The summed E-state index contributed by atoms with van der Waals surface area (Å²) in [5.74, 6) is 1.55. The molecule has 0 aliphatic heterocycles. The second kappa shape index (κ2) is 5.50. The molecule has 2 rings (SSSR count). The van der Waals surface area contributed by atoms with Crippen LogP contribution in [0.2, 0.25) is 5.02 Å². The zero-order chi connectivity index (χ0) is 12.1. The third-order valence-corrected chi connectivity index (χ3v) is 2.71. The van der Waals surface area contributed by atoms with Crippen molar-refractivity contribution in [2.24, 2.45) is 0 Å². The van der Waals surface area contributed by atoms with E-state index in [1.807, 2.05) is 37.4 Å². The lowest BCUT2D eigenvalue weighted by Gasteiger charge is -2.07. The first-order chi connectivity index (χ1) is 8.29. The van der Waals surface area contributed by atoms with Crippen molar-refractivity contribution in [3.63, 3.8) is 0 Å². The van der Waals surface area contributed by atoms with E-state index in [9.17, 15) is 0 Å². The van der Waals surface area contributed by atoms with Gasteiger partial charge in [-0.25, -0.2) is 9.97 Å². The number of benzene rings is 1. The minimum atomic E-state index is 0.639. The van der Waals surface area contributed by atoms with Gasteiger partial charge in [0, 0.05) is 24.7 Å². The topological polar surface area (TPSA) is 49.8 Å². The Morgan fingerprint density at radius 3 is 2.71 bits per heavy atom. The number of aromatic nitrogens is 2. The SMILES string of the molecule is CNc1cc(NCc2ccccc2Cl)ncn1. The van der Waals surface area contributed by atoms with Gasteiger partial charge < -0.3 is 10.6 Å². The summed E-state index contributed by atoms with van der Waals surface area (Å²) in [6.45, 7) is 0.639. The predicted molar refractivity (Wildman–Crippen MR) is 70.4 cm³/mol. The summed E-state index contributed by atoms with van der Waals surface area (Å²) in [4.78, 5) is 8.17. The minimum absolute atomic E-state index is 0.639. The Kier molecular flexibility index (Phi) is 3.77. The van der Waals surface area contributed by atoms with Crippen molar-refractivity contribution >= 4 is 23.2 Å². The average Bonchev–Trinajstić information content (AvgIpc) is 2.38. The van der Waals surface area contributed by atoms with Gasteiger partial charge in [-0.05, 0) is 11.6 Å². The third kappa shape index (κ3) is 3.07. The van der Waals surface area contributed by atoms with Crippen LogP contribution in [0.1, 0.15) is 5.56 Å². The fourth-order valence-corrected chi connectivity index (χ4v) is 1.62. The highest BCUT2D eigenvalue weighted by Crippen LogP contribution is 2.16. The first-order valence-electron chi connectivity index (χ1n) is 5.26. The molecule has 0 radical (unpaired) electrons. The van der Waals surface area contributed by atoms with Crippen molar-refractivity contribution in [3.05, 3.63) is 47.2 Å². The monoisotopic (exact) mass is 248 g/mol. The Hall–Kier alpha value is -1.81. The molecule has 1 aromatic carbocycles. The largest absolute Gasteiger partial charge is 0.373 e. The normalized spacial score (nSPS) is 10.0. The summed E-state index contributed by atoms with van der Waals surface area (Å²) in [5, 5.41) is 6.91. The Bertz CT molecular complexity index is 501. The molecule has 0 fully saturated rings. The molecule has 0 bridgehead atoms. The van der Waals surface area contributed by atoms with Crippen LogP contribution >= 0.6 is 11.6 Å². The van der Waals surface area contributed by atoms with Gasteiger partial charge in [-0.1, -0.05) is 29.8 Å². The number of hydrogen-bond acceptors (Lipinski definition) is 4. The standard InChI is InChI=1S/C12H13ClN4/c1-14-11-6-12(17-8-16-11)15-7-9-4-2-3-5-10(9)13/h2-6,8H,7H2,1H3,(H2,14,15,16,17).